The minimum Gasteiger partial charge on any atom is -0.504 e. The third-order valence-electron chi connectivity index (χ3n) is 2.04. The van der Waals surface area contributed by atoms with Crippen molar-refractivity contribution in [3.05, 3.63) is 17.2 Å². The predicted molar refractivity (Wildman–Crippen MR) is 51.0 cm³/mol. The van der Waals surface area contributed by atoms with E-state index in [1.165, 1.54) is 0 Å². The van der Waals surface area contributed by atoms with Crippen LogP contribution >= 0.6 is 0 Å². The van der Waals surface area contributed by atoms with Crippen LogP contribution in [0, 0.1) is 20.8 Å². The van der Waals surface area contributed by atoms with Gasteiger partial charge >= 0.3 is 0 Å². The van der Waals surface area contributed by atoms with Crippen LogP contribution in [0.15, 0.2) is 0 Å². The van der Waals surface area contributed by atoms with E-state index in [4.69, 9.17) is 0 Å². The summed E-state index contributed by atoms with van der Waals surface area (Å²) < 4.78 is 0. The topological polar surface area (TPSA) is 71.8 Å². The Morgan fingerprint density at radius 1 is 0.857 bits per heavy atom. The maximum absolute atomic E-state index is 9.71. The smallest absolute Gasteiger partial charge is 0.165 e. The molecule has 0 spiro atoms. The second kappa shape index (κ2) is 2.87. The molecule has 0 atom stereocenters. The summed E-state index contributed by atoms with van der Waals surface area (Å²) in [5.41, 5.74) is 2.33. The van der Waals surface area contributed by atoms with E-state index in [1.807, 2.05) is 6.92 Å². The Kier molecular flexibility index (Phi) is 1.80. The second-order valence-electron chi connectivity index (χ2n) is 3.19. The highest BCUT2D eigenvalue weighted by molar-refractivity contribution is 5.82. The molecule has 2 aromatic heterocycles. The molecule has 0 aliphatic heterocycles. The van der Waals surface area contributed by atoms with Crippen molar-refractivity contribution in [2.45, 2.75) is 20.8 Å². The first kappa shape index (κ1) is 8.80. The van der Waals surface area contributed by atoms with Gasteiger partial charge in [-0.15, -0.1) is 10.2 Å². The molecule has 0 bridgehead atoms. The third kappa shape index (κ3) is 1.17. The van der Waals surface area contributed by atoms with Crippen molar-refractivity contribution < 1.29 is 5.11 Å². The molecule has 5 nitrogen and oxygen atoms in total. The molecule has 0 saturated heterocycles. The van der Waals surface area contributed by atoms with Crippen LogP contribution in [-0.2, 0) is 0 Å². The number of hydrogen-bond acceptors (Lipinski definition) is 5. The second-order valence-corrected chi connectivity index (χ2v) is 3.19. The molecule has 0 unspecified atom stereocenters. The van der Waals surface area contributed by atoms with Crippen LogP contribution < -0.4 is 0 Å². The van der Waals surface area contributed by atoms with E-state index < -0.39 is 0 Å². The average Bonchev–Trinajstić information content (AvgIpc) is 2.14. The van der Waals surface area contributed by atoms with Crippen molar-refractivity contribution in [2.24, 2.45) is 0 Å². The minimum atomic E-state index is 0.0867. The van der Waals surface area contributed by atoms with Gasteiger partial charge in [-0.3, -0.25) is 4.98 Å². The summed E-state index contributed by atoms with van der Waals surface area (Å²) in [6.07, 6.45) is 0. The first-order valence-electron chi connectivity index (χ1n) is 4.27. The Hall–Kier alpha value is -1.78. The number of hydrogen-bond donors (Lipinski definition) is 1. The quantitative estimate of drug-likeness (QED) is 0.672. The SMILES string of the molecule is Cc1nnc2c(C)nc(C)c(O)c2n1. The van der Waals surface area contributed by atoms with E-state index in [1.54, 1.807) is 13.8 Å². The molecule has 0 radical (unpaired) electrons. The normalized spacial score (nSPS) is 10.8. The molecule has 0 aromatic carbocycles. The summed E-state index contributed by atoms with van der Waals surface area (Å²) in [6, 6.07) is 0. The molecule has 14 heavy (non-hydrogen) atoms. The number of nitrogens with zero attached hydrogens (tertiary/aromatic N) is 4. The first-order valence-corrected chi connectivity index (χ1v) is 4.27. The van der Waals surface area contributed by atoms with E-state index in [-0.39, 0.29) is 5.75 Å². The van der Waals surface area contributed by atoms with Crippen molar-refractivity contribution >= 4 is 11.0 Å². The molecule has 5 heteroatoms. The van der Waals surface area contributed by atoms with Crippen molar-refractivity contribution in [1.82, 2.24) is 20.2 Å². The minimum absolute atomic E-state index is 0.0867. The number of aromatic nitrogens is 4. The Balaban J connectivity index is 2.95. The Morgan fingerprint density at radius 3 is 2.29 bits per heavy atom. The van der Waals surface area contributed by atoms with Crippen LogP contribution in [0.2, 0.25) is 0 Å². The van der Waals surface area contributed by atoms with E-state index in [9.17, 15) is 5.11 Å². The van der Waals surface area contributed by atoms with Crippen molar-refractivity contribution in [2.75, 3.05) is 0 Å². The lowest BCUT2D eigenvalue weighted by Crippen LogP contribution is -1.98. The molecule has 72 valence electrons. The highest BCUT2D eigenvalue weighted by Crippen LogP contribution is 2.24. The standard InChI is InChI=1S/C9H10N4O/c1-4-7-8(9(14)5(2)10-4)11-6(3)12-13-7/h14H,1-3H3. The van der Waals surface area contributed by atoms with Gasteiger partial charge in [0.25, 0.3) is 0 Å². The molecule has 2 rings (SSSR count). The van der Waals surface area contributed by atoms with Crippen LogP contribution in [0.1, 0.15) is 17.2 Å². The number of aromatic hydroxyl groups is 1. The Morgan fingerprint density at radius 2 is 1.57 bits per heavy atom. The maximum Gasteiger partial charge on any atom is 0.165 e. The van der Waals surface area contributed by atoms with Crippen LogP contribution in [0.4, 0.5) is 0 Å². The summed E-state index contributed by atoms with van der Waals surface area (Å²) in [4.78, 5) is 8.27. The number of rotatable bonds is 0. The van der Waals surface area contributed by atoms with Crippen molar-refractivity contribution in [1.29, 1.82) is 0 Å². The van der Waals surface area contributed by atoms with Crippen molar-refractivity contribution in [3.8, 4) is 5.75 Å². The third-order valence-corrected chi connectivity index (χ3v) is 2.04. The molecule has 0 aliphatic rings. The molecule has 2 heterocycles. The molecule has 0 aliphatic carbocycles. The van der Waals surface area contributed by atoms with Gasteiger partial charge in [-0.25, -0.2) is 4.98 Å². The molecule has 1 N–H and O–H groups in total. The fourth-order valence-electron chi connectivity index (χ4n) is 1.34. The monoisotopic (exact) mass is 190 g/mol. The van der Waals surface area contributed by atoms with Gasteiger partial charge in [0.05, 0.1) is 11.4 Å². The van der Waals surface area contributed by atoms with E-state index in [2.05, 4.69) is 20.2 Å². The number of pyridine rings is 1. The number of fused-ring (bicyclic) bond motifs is 1. The highest BCUT2D eigenvalue weighted by Gasteiger charge is 2.10. The van der Waals surface area contributed by atoms with E-state index >= 15 is 0 Å². The summed E-state index contributed by atoms with van der Waals surface area (Å²) in [7, 11) is 0. The molecular weight excluding hydrogens is 180 g/mol. The zero-order valence-corrected chi connectivity index (χ0v) is 8.24. The fraction of sp³-hybridized carbons (Fsp3) is 0.333. The molecule has 2 aromatic rings. The van der Waals surface area contributed by atoms with E-state index in [0.29, 0.717) is 22.6 Å². The van der Waals surface area contributed by atoms with E-state index in [0.717, 1.165) is 5.69 Å². The summed E-state index contributed by atoms with van der Waals surface area (Å²) >= 11 is 0. The molecule has 0 fully saturated rings. The highest BCUT2D eigenvalue weighted by atomic mass is 16.3. The summed E-state index contributed by atoms with van der Waals surface area (Å²) in [5.74, 6) is 0.626. The van der Waals surface area contributed by atoms with Gasteiger partial charge < -0.3 is 5.11 Å². The first-order chi connectivity index (χ1) is 6.59. The van der Waals surface area contributed by atoms with Crippen LogP contribution in [0.3, 0.4) is 0 Å². The molecular formula is C9H10N4O. The zero-order chi connectivity index (χ0) is 10.3. The molecule has 0 amide bonds. The Bertz CT molecular complexity index is 510. The molecule has 0 saturated carbocycles. The average molecular weight is 190 g/mol. The maximum atomic E-state index is 9.71. The van der Waals surface area contributed by atoms with Crippen molar-refractivity contribution in [3.63, 3.8) is 0 Å². The van der Waals surface area contributed by atoms with Gasteiger partial charge in [0.2, 0.25) is 0 Å². The lowest BCUT2D eigenvalue weighted by atomic mass is 10.2. The lowest BCUT2D eigenvalue weighted by Gasteiger charge is -2.04. The fourth-order valence-corrected chi connectivity index (χ4v) is 1.34. The summed E-state index contributed by atoms with van der Waals surface area (Å²) in [6.45, 7) is 5.29. The van der Waals surface area contributed by atoms with Gasteiger partial charge in [-0.05, 0) is 20.8 Å². The van der Waals surface area contributed by atoms with Gasteiger partial charge in [-0.2, -0.15) is 0 Å². The van der Waals surface area contributed by atoms with Crippen LogP contribution in [-0.4, -0.2) is 25.3 Å². The van der Waals surface area contributed by atoms with Gasteiger partial charge in [0.1, 0.15) is 16.9 Å². The largest absolute Gasteiger partial charge is 0.504 e. The number of aryl methyl sites for hydroxylation is 3. The summed E-state index contributed by atoms with van der Waals surface area (Å²) in [5, 5.41) is 17.5. The predicted octanol–water partition coefficient (Wildman–Crippen LogP) is 1.05. The Labute approximate surface area is 80.8 Å². The van der Waals surface area contributed by atoms with Crippen LogP contribution in [0.25, 0.3) is 11.0 Å². The zero-order valence-electron chi connectivity index (χ0n) is 8.24. The van der Waals surface area contributed by atoms with Gasteiger partial charge in [0, 0.05) is 0 Å². The van der Waals surface area contributed by atoms with Crippen LogP contribution in [0.5, 0.6) is 5.75 Å². The lowest BCUT2D eigenvalue weighted by molar-refractivity contribution is 0.472. The van der Waals surface area contributed by atoms with Gasteiger partial charge in [0.15, 0.2) is 5.75 Å². The van der Waals surface area contributed by atoms with Gasteiger partial charge in [-0.1, -0.05) is 0 Å².